The number of rotatable bonds is 2. The lowest BCUT2D eigenvalue weighted by Crippen LogP contribution is -2.35. The lowest BCUT2D eigenvalue weighted by molar-refractivity contribution is -0.0443. The van der Waals surface area contributed by atoms with Crippen LogP contribution in [0.2, 0.25) is 0 Å². The van der Waals surface area contributed by atoms with Crippen LogP contribution in [0, 0.1) is 0 Å². The molecule has 2 aliphatic rings. The van der Waals surface area contributed by atoms with Gasteiger partial charge in [-0.2, -0.15) is 0 Å². The van der Waals surface area contributed by atoms with Crippen LogP contribution in [0.15, 0.2) is 36.5 Å². The Kier molecular flexibility index (Phi) is 4.61. The van der Waals surface area contributed by atoms with Crippen molar-refractivity contribution in [1.82, 2.24) is 4.98 Å². The third-order valence-corrected chi connectivity index (χ3v) is 4.60. The topological polar surface area (TPSA) is 60.9 Å². The van der Waals surface area contributed by atoms with Crippen molar-refractivity contribution in [1.29, 1.82) is 0 Å². The number of carbonyl (C=O) groups is 1. The van der Waals surface area contributed by atoms with Crippen LogP contribution in [0.1, 0.15) is 38.2 Å². The highest BCUT2D eigenvalue weighted by Gasteiger charge is 2.30. The third kappa shape index (κ3) is 3.68. The highest BCUT2D eigenvalue weighted by atomic mass is 16.7. The fraction of sp³-hybridized carbons (Fsp3) is 0.429. The number of hydrogen-bond acceptors (Lipinski definition) is 5. The minimum Gasteiger partial charge on any atom is -0.443 e. The van der Waals surface area contributed by atoms with Crippen molar-refractivity contribution in [3.63, 3.8) is 0 Å². The second-order valence-electron chi connectivity index (χ2n) is 7.74. The number of amides is 1. The molecule has 0 saturated carbocycles. The smallest absolute Gasteiger partial charge is 0.414 e. The number of ether oxygens (including phenoxy) is 3. The number of nitrogens with zero attached hydrogens (tertiary/aromatic N) is 2. The van der Waals surface area contributed by atoms with Crippen LogP contribution in [-0.2, 0) is 20.6 Å². The zero-order valence-electron chi connectivity index (χ0n) is 15.9. The standard InChI is InChI=1S/C21H24N2O4/c1-21(2,3)27-20(24)23-10-9-16-15(5-4-6-18(16)23)17-8-7-14(13-22-17)19-25-11-12-26-19/h4-8,13,19H,9-12H2,1-3H3. The summed E-state index contributed by atoms with van der Waals surface area (Å²) in [7, 11) is 0. The van der Waals surface area contributed by atoms with Gasteiger partial charge in [0.05, 0.1) is 24.6 Å². The molecule has 1 amide bonds. The summed E-state index contributed by atoms with van der Waals surface area (Å²) in [6.07, 6.45) is 1.95. The Labute approximate surface area is 159 Å². The quantitative estimate of drug-likeness (QED) is 0.799. The normalized spacial score (nSPS) is 17.2. The molecule has 3 heterocycles. The van der Waals surface area contributed by atoms with Crippen LogP contribution in [0.3, 0.4) is 0 Å². The average molecular weight is 368 g/mol. The van der Waals surface area contributed by atoms with Crippen LogP contribution in [0.5, 0.6) is 0 Å². The van der Waals surface area contributed by atoms with E-state index in [9.17, 15) is 4.79 Å². The molecule has 6 heteroatoms. The Balaban J connectivity index is 1.60. The summed E-state index contributed by atoms with van der Waals surface area (Å²) >= 11 is 0. The molecule has 2 aliphatic heterocycles. The van der Waals surface area contributed by atoms with Gasteiger partial charge >= 0.3 is 6.09 Å². The Morgan fingerprint density at radius 3 is 2.63 bits per heavy atom. The van der Waals surface area contributed by atoms with E-state index in [1.54, 1.807) is 11.1 Å². The van der Waals surface area contributed by atoms with Crippen LogP contribution in [0.4, 0.5) is 10.5 Å². The van der Waals surface area contributed by atoms with Crippen molar-refractivity contribution in [3.05, 3.63) is 47.7 Å². The molecule has 0 bridgehead atoms. The molecule has 1 saturated heterocycles. The van der Waals surface area contributed by atoms with Crippen LogP contribution in [-0.4, -0.2) is 36.4 Å². The van der Waals surface area contributed by atoms with E-state index in [4.69, 9.17) is 14.2 Å². The third-order valence-electron chi connectivity index (χ3n) is 4.60. The van der Waals surface area contributed by atoms with Gasteiger partial charge in [0.1, 0.15) is 5.60 Å². The Hall–Kier alpha value is -2.44. The summed E-state index contributed by atoms with van der Waals surface area (Å²) in [6.45, 7) is 7.46. The molecule has 0 atom stereocenters. The summed E-state index contributed by atoms with van der Waals surface area (Å²) in [5.41, 5.74) is 4.34. The minimum atomic E-state index is -0.515. The zero-order valence-corrected chi connectivity index (χ0v) is 15.9. The van der Waals surface area contributed by atoms with E-state index in [-0.39, 0.29) is 12.4 Å². The van der Waals surface area contributed by atoms with Crippen molar-refractivity contribution in [2.75, 3.05) is 24.7 Å². The molecule has 27 heavy (non-hydrogen) atoms. The number of benzene rings is 1. The molecular formula is C21H24N2O4. The molecule has 1 aromatic carbocycles. The largest absolute Gasteiger partial charge is 0.443 e. The van der Waals surface area contributed by atoms with E-state index < -0.39 is 5.60 Å². The first-order valence-electron chi connectivity index (χ1n) is 9.24. The second-order valence-corrected chi connectivity index (χ2v) is 7.74. The van der Waals surface area contributed by atoms with Crippen LogP contribution < -0.4 is 4.90 Å². The summed E-state index contributed by atoms with van der Waals surface area (Å²) in [4.78, 5) is 18.8. The first-order chi connectivity index (χ1) is 12.9. The van der Waals surface area contributed by atoms with E-state index in [0.29, 0.717) is 19.8 Å². The van der Waals surface area contributed by atoms with Crippen LogP contribution >= 0.6 is 0 Å². The lowest BCUT2D eigenvalue weighted by atomic mass is 10.0. The Bertz CT molecular complexity index is 836. The van der Waals surface area contributed by atoms with Crippen LogP contribution in [0.25, 0.3) is 11.3 Å². The molecule has 6 nitrogen and oxygen atoms in total. The SMILES string of the molecule is CC(C)(C)OC(=O)N1CCc2c(-c3ccc(C4OCCO4)cn3)cccc21. The van der Waals surface area contributed by atoms with Crippen molar-refractivity contribution < 1.29 is 19.0 Å². The van der Waals surface area contributed by atoms with Gasteiger partial charge in [0, 0.05) is 23.9 Å². The number of fused-ring (bicyclic) bond motifs is 1. The van der Waals surface area contributed by atoms with E-state index in [1.807, 2.05) is 51.1 Å². The van der Waals surface area contributed by atoms with Gasteiger partial charge in [-0.15, -0.1) is 0 Å². The number of aromatic nitrogens is 1. The predicted molar refractivity (Wildman–Crippen MR) is 102 cm³/mol. The molecule has 0 radical (unpaired) electrons. The summed E-state index contributed by atoms with van der Waals surface area (Å²) in [5.74, 6) is 0. The number of carbonyl (C=O) groups excluding carboxylic acids is 1. The second kappa shape index (κ2) is 6.94. The highest BCUT2D eigenvalue weighted by Crippen LogP contribution is 2.36. The molecule has 0 N–H and O–H groups in total. The van der Waals surface area contributed by atoms with Gasteiger partial charge in [0.25, 0.3) is 0 Å². The predicted octanol–water partition coefficient (Wildman–Crippen LogP) is 4.09. The van der Waals surface area contributed by atoms with Gasteiger partial charge in [-0.25, -0.2) is 4.79 Å². The van der Waals surface area contributed by atoms with Crippen molar-refractivity contribution in [2.45, 2.75) is 39.1 Å². The molecule has 142 valence electrons. The van der Waals surface area contributed by atoms with Crippen molar-refractivity contribution in [3.8, 4) is 11.3 Å². The molecule has 2 aromatic rings. The minimum absolute atomic E-state index is 0.308. The van der Waals surface area contributed by atoms with E-state index in [2.05, 4.69) is 4.98 Å². The molecule has 0 spiro atoms. The average Bonchev–Trinajstić information content (AvgIpc) is 3.30. The molecule has 1 fully saturated rings. The Morgan fingerprint density at radius 2 is 1.96 bits per heavy atom. The van der Waals surface area contributed by atoms with E-state index in [1.165, 1.54) is 0 Å². The molecule has 4 rings (SSSR count). The number of pyridine rings is 1. The number of hydrogen-bond donors (Lipinski definition) is 0. The summed E-state index contributed by atoms with van der Waals surface area (Å²) in [6, 6.07) is 9.92. The van der Waals surface area contributed by atoms with E-state index in [0.717, 1.165) is 34.5 Å². The molecule has 1 aromatic heterocycles. The maximum atomic E-state index is 12.5. The first kappa shape index (κ1) is 17.9. The van der Waals surface area contributed by atoms with E-state index >= 15 is 0 Å². The number of anilines is 1. The fourth-order valence-corrected chi connectivity index (χ4v) is 3.44. The van der Waals surface area contributed by atoms with Crippen molar-refractivity contribution in [2.24, 2.45) is 0 Å². The molecular weight excluding hydrogens is 344 g/mol. The van der Waals surface area contributed by atoms with Gasteiger partial charge in [-0.1, -0.05) is 18.2 Å². The Morgan fingerprint density at radius 1 is 1.19 bits per heavy atom. The van der Waals surface area contributed by atoms with Gasteiger partial charge < -0.3 is 14.2 Å². The first-order valence-corrected chi connectivity index (χ1v) is 9.24. The van der Waals surface area contributed by atoms with Gasteiger partial charge in [-0.3, -0.25) is 9.88 Å². The van der Waals surface area contributed by atoms with Gasteiger partial charge in [0.2, 0.25) is 0 Å². The maximum absolute atomic E-state index is 12.5. The molecule has 0 unspecified atom stereocenters. The lowest BCUT2D eigenvalue weighted by Gasteiger charge is -2.24. The van der Waals surface area contributed by atoms with Gasteiger partial charge in [0.15, 0.2) is 6.29 Å². The highest BCUT2D eigenvalue weighted by molar-refractivity contribution is 5.92. The van der Waals surface area contributed by atoms with Crippen molar-refractivity contribution >= 4 is 11.8 Å². The molecule has 0 aliphatic carbocycles. The van der Waals surface area contributed by atoms with Gasteiger partial charge in [-0.05, 0) is 44.9 Å². The summed E-state index contributed by atoms with van der Waals surface area (Å²) < 4.78 is 16.6. The maximum Gasteiger partial charge on any atom is 0.414 e. The fourth-order valence-electron chi connectivity index (χ4n) is 3.44. The summed E-state index contributed by atoms with van der Waals surface area (Å²) in [5, 5.41) is 0. The monoisotopic (exact) mass is 368 g/mol. The zero-order chi connectivity index (χ0) is 19.0.